The molecular weight excluding hydrogens is 451 g/mol. The van der Waals surface area contributed by atoms with E-state index in [-0.39, 0.29) is 0 Å². The number of halogens is 1. The van der Waals surface area contributed by atoms with Gasteiger partial charge in [-0.15, -0.1) is 0 Å². The predicted octanol–water partition coefficient (Wildman–Crippen LogP) is 5.61. The number of nitriles is 1. The summed E-state index contributed by atoms with van der Waals surface area (Å²) in [6, 6.07) is 14.9. The lowest BCUT2D eigenvalue weighted by Gasteiger charge is -2.29. The molecule has 0 aliphatic carbocycles. The van der Waals surface area contributed by atoms with Crippen molar-refractivity contribution in [3.63, 3.8) is 0 Å². The minimum Gasteiger partial charge on any atom is -0.346 e. The van der Waals surface area contributed by atoms with Crippen LogP contribution in [0.5, 0.6) is 0 Å². The van der Waals surface area contributed by atoms with E-state index in [9.17, 15) is 5.26 Å². The molecule has 180 valence electrons. The minimum atomic E-state index is -0.421. The van der Waals surface area contributed by atoms with E-state index < -0.39 is 5.82 Å². The van der Waals surface area contributed by atoms with Crippen LogP contribution in [0, 0.1) is 23.1 Å². The second-order valence-corrected chi connectivity index (χ2v) is 9.84. The number of hydrogen-bond acceptors (Lipinski definition) is 4. The van der Waals surface area contributed by atoms with Crippen molar-refractivity contribution in [2.24, 2.45) is 13.0 Å². The lowest BCUT2D eigenvalue weighted by Crippen LogP contribution is -2.31. The average Bonchev–Trinajstić information content (AvgIpc) is 3.48. The van der Waals surface area contributed by atoms with Gasteiger partial charge in [0.25, 0.3) is 0 Å². The summed E-state index contributed by atoms with van der Waals surface area (Å²) in [5.41, 5.74) is 5.14. The summed E-state index contributed by atoms with van der Waals surface area (Å²) in [5.74, 6) is 0.190. The zero-order valence-electron chi connectivity index (χ0n) is 20.4. The Morgan fingerprint density at radius 1 is 1.03 bits per heavy atom. The highest BCUT2D eigenvalue weighted by molar-refractivity contribution is 6.02. The average molecular weight is 479 g/mol. The van der Waals surface area contributed by atoms with Crippen LogP contribution in [0.4, 0.5) is 4.39 Å². The van der Waals surface area contributed by atoms with Crippen molar-refractivity contribution in [1.29, 1.82) is 5.26 Å². The summed E-state index contributed by atoms with van der Waals surface area (Å²) in [5, 5.41) is 15.6. The maximum absolute atomic E-state index is 15.4. The third-order valence-corrected chi connectivity index (χ3v) is 7.51. The number of hydrogen-bond donors (Lipinski definition) is 0. The molecule has 6 nitrogen and oxygen atoms in total. The van der Waals surface area contributed by atoms with Crippen LogP contribution in [-0.4, -0.2) is 44.4 Å². The quantitative estimate of drug-likeness (QED) is 0.337. The number of pyridine rings is 1. The Morgan fingerprint density at radius 2 is 1.86 bits per heavy atom. The van der Waals surface area contributed by atoms with Crippen molar-refractivity contribution in [3.05, 3.63) is 72.4 Å². The molecule has 0 spiro atoms. The predicted molar refractivity (Wildman–Crippen MR) is 140 cm³/mol. The van der Waals surface area contributed by atoms with Gasteiger partial charge in [0.05, 0.1) is 40.8 Å². The first-order valence-electron chi connectivity index (χ1n) is 12.3. The third kappa shape index (κ3) is 3.84. The van der Waals surface area contributed by atoms with E-state index in [0.29, 0.717) is 22.7 Å². The van der Waals surface area contributed by atoms with Gasteiger partial charge in [0.15, 0.2) is 0 Å². The topological polar surface area (TPSA) is 62.7 Å². The van der Waals surface area contributed by atoms with E-state index in [1.165, 1.54) is 18.9 Å². The molecule has 5 aromatic rings. The zero-order chi connectivity index (χ0) is 24.8. The fraction of sp³-hybridized carbons (Fsp3) is 0.276. The molecule has 0 saturated carbocycles. The molecule has 7 heteroatoms. The summed E-state index contributed by atoms with van der Waals surface area (Å²) < 4.78 is 19.5. The number of aromatic nitrogens is 4. The van der Waals surface area contributed by atoms with Crippen LogP contribution in [0.3, 0.4) is 0 Å². The molecular formula is C29H27FN6. The molecule has 4 heterocycles. The normalized spacial score (nSPS) is 15.1. The number of rotatable bonds is 4. The number of benzene rings is 2. The first-order valence-corrected chi connectivity index (χ1v) is 12.3. The first-order chi connectivity index (χ1) is 17.5. The third-order valence-electron chi connectivity index (χ3n) is 7.51. The molecule has 1 aliphatic rings. The van der Waals surface area contributed by atoms with Gasteiger partial charge in [0.2, 0.25) is 0 Å². The number of piperidine rings is 1. The van der Waals surface area contributed by atoms with Gasteiger partial charge in [0.1, 0.15) is 5.82 Å². The van der Waals surface area contributed by atoms with E-state index in [1.807, 2.05) is 42.3 Å². The van der Waals surface area contributed by atoms with Crippen LogP contribution in [-0.2, 0) is 13.6 Å². The Balaban J connectivity index is 1.52. The van der Waals surface area contributed by atoms with E-state index in [4.69, 9.17) is 4.98 Å². The Bertz CT molecular complexity index is 1630. The lowest BCUT2D eigenvalue weighted by molar-refractivity contribution is 0.206. The number of aryl methyl sites for hydroxylation is 1. The molecule has 2 aromatic carbocycles. The summed E-state index contributed by atoms with van der Waals surface area (Å²) in [4.78, 5) is 7.28. The molecule has 1 fully saturated rings. The standard InChI is InChI=1S/C29H27FN6/c1-34-10-7-19(8-11-34)18-36-12-9-24-27(36)17-32-29(21-4-6-26-22(14-21)16-33-35(26)2)28(24)23-5-3-20(15-31)13-25(23)30/h3-6,9,12-14,16-17,19H,7-8,10-11,18H2,1-2H3. The van der Waals surface area contributed by atoms with Gasteiger partial charge in [-0.3, -0.25) is 9.67 Å². The van der Waals surface area contributed by atoms with Gasteiger partial charge in [-0.1, -0.05) is 12.1 Å². The second kappa shape index (κ2) is 8.89. The SMILES string of the molecule is CN1CCC(Cn2ccc3c(-c4ccc(C#N)cc4F)c(-c4ccc5c(cnn5C)c4)ncc32)CC1. The van der Waals surface area contributed by atoms with Crippen molar-refractivity contribution in [1.82, 2.24) is 24.2 Å². The van der Waals surface area contributed by atoms with Crippen LogP contribution >= 0.6 is 0 Å². The van der Waals surface area contributed by atoms with Crippen LogP contribution in [0.25, 0.3) is 44.2 Å². The van der Waals surface area contributed by atoms with Crippen LogP contribution in [0.1, 0.15) is 18.4 Å². The zero-order valence-corrected chi connectivity index (χ0v) is 20.4. The second-order valence-electron chi connectivity index (χ2n) is 9.84. The molecule has 1 saturated heterocycles. The van der Waals surface area contributed by atoms with Gasteiger partial charge in [0, 0.05) is 47.3 Å². The highest BCUT2D eigenvalue weighted by atomic mass is 19.1. The molecule has 0 atom stereocenters. The minimum absolute atomic E-state index is 0.301. The monoisotopic (exact) mass is 478 g/mol. The molecule has 0 radical (unpaired) electrons. The van der Waals surface area contributed by atoms with Gasteiger partial charge < -0.3 is 9.47 Å². The maximum atomic E-state index is 15.4. The molecule has 0 unspecified atom stereocenters. The van der Waals surface area contributed by atoms with Gasteiger partial charge in [-0.05, 0) is 69.2 Å². The van der Waals surface area contributed by atoms with Gasteiger partial charge in [-0.25, -0.2) is 4.39 Å². The van der Waals surface area contributed by atoms with Crippen LogP contribution < -0.4 is 0 Å². The van der Waals surface area contributed by atoms with Crippen LogP contribution in [0.2, 0.25) is 0 Å². The molecule has 3 aromatic heterocycles. The fourth-order valence-corrected chi connectivity index (χ4v) is 5.43. The highest BCUT2D eigenvalue weighted by Crippen LogP contribution is 2.39. The van der Waals surface area contributed by atoms with E-state index in [2.05, 4.69) is 39.9 Å². The van der Waals surface area contributed by atoms with Crippen molar-refractivity contribution in [2.75, 3.05) is 20.1 Å². The van der Waals surface area contributed by atoms with Crippen LogP contribution in [0.15, 0.2) is 61.1 Å². The molecule has 6 rings (SSSR count). The molecule has 1 aliphatic heterocycles. The van der Waals surface area contributed by atoms with Crippen molar-refractivity contribution >= 4 is 21.8 Å². The Hall–Kier alpha value is -4.02. The summed E-state index contributed by atoms with van der Waals surface area (Å²) in [7, 11) is 4.09. The summed E-state index contributed by atoms with van der Waals surface area (Å²) in [6.07, 6.45) is 8.19. The van der Waals surface area contributed by atoms with E-state index >= 15 is 4.39 Å². The summed E-state index contributed by atoms with van der Waals surface area (Å²) in [6.45, 7) is 3.16. The van der Waals surface area contributed by atoms with Crippen molar-refractivity contribution < 1.29 is 4.39 Å². The van der Waals surface area contributed by atoms with Gasteiger partial charge >= 0.3 is 0 Å². The Kier molecular flexibility index (Phi) is 5.54. The maximum Gasteiger partial charge on any atom is 0.132 e. The highest BCUT2D eigenvalue weighted by Gasteiger charge is 2.22. The summed E-state index contributed by atoms with van der Waals surface area (Å²) >= 11 is 0. The van der Waals surface area contributed by atoms with E-state index in [0.717, 1.165) is 52.6 Å². The van der Waals surface area contributed by atoms with E-state index in [1.54, 1.807) is 12.1 Å². The van der Waals surface area contributed by atoms with Gasteiger partial charge in [-0.2, -0.15) is 10.4 Å². The number of nitrogens with zero attached hydrogens (tertiary/aromatic N) is 6. The Morgan fingerprint density at radius 3 is 2.64 bits per heavy atom. The molecule has 36 heavy (non-hydrogen) atoms. The largest absolute Gasteiger partial charge is 0.346 e. The van der Waals surface area contributed by atoms with Crippen molar-refractivity contribution in [3.8, 4) is 28.5 Å². The smallest absolute Gasteiger partial charge is 0.132 e. The fourth-order valence-electron chi connectivity index (χ4n) is 5.43. The number of fused-ring (bicyclic) bond motifs is 2. The Labute approximate surface area is 209 Å². The molecule has 0 bridgehead atoms. The molecule has 0 amide bonds. The molecule has 0 N–H and O–H groups in total. The number of likely N-dealkylation sites (tertiary alicyclic amines) is 1. The van der Waals surface area contributed by atoms with Crippen molar-refractivity contribution in [2.45, 2.75) is 19.4 Å². The first kappa shape index (κ1) is 22.4. The lowest BCUT2D eigenvalue weighted by atomic mass is 9.94.